The Morgan fingerprint density at radius 2 is 2.05 bits per heavy atom. The number of ether oxygens (including phenoxy) is 1. The van der Waals surface area contributed by atoms with E-state index in [-0.39, 0.29) is 17.8 Å². The van der Waals surface area contributed by atoms with Gasteiger partial charge in [0.05, 0.1) is 12.2 Å². The van der Waals surface area contributed by atoms with E-state index >= 15 is 0 Å². The fourth-order valence-electron chi connectivity index (χ4n) is 2.10. The quantitative estimate of drug-likeness (QED) is 0.784. The lowest BCUT2D eigenvalue weighted by Crippen LogP contribution is -2.41. The molecule has 0 aliphatic carbocycles. The van der Waals surface area contributed by atoms with Crippen molar-refractivity contribution in [2.75, 3.05) is 6.61 Å². The van der Waals surface area contributed by atoms with Gasteiger partial charge in [-0.2, -0.15) is 0 Å². The summed E-state index contributed by atoms with van der Waals surface area (Å²) in [5, 5.41) is 5.38. The second-order valence-electron chi connectivity index (χ2n) is 4.79. The van der Waals surface area contributed by atoms with Crippen LogP contribution in [-0.2, 0) is 20.9 Å². The van der Waals surface area contributed by atoms with E-state index in [1.54, 1.807) is 31.2 Å². The average Bonchev–Trinajstić information content (AvgIpc) is 2.92. The zero-order chi connectivity index (χ0) is 15.2. The molecule has 1 aliphatic heterocycles. The van der Waals surface area contributed by atoms with E-state index in [9.17, 15) is 14.4 Å². The Morgan fingerprint density at radius 3 is 2.62 bits per heavy atom. The largest absolute Gasteiger partial charge is 0.462 e. The van der Waals surface area contributed by atoms with Gasteiger partial charge in [-0.15, -0.1) is 0 Å². The SMILES string of the molecule is CCOC(=O)c1ccc(CNC(=O)[C@@H]2CCC(=O)N2)cc1. The van der Waals surface area contributed by atoms with Crippen molar-refractivity contribution in [2.45, 2.75) is 32.4 Å². The van der Waals surface area contributed by atoms with Crippen molar-refractivity contribution in [3.8, 4) is 0 Å². The third kappa shape index (κ3) is 4.05. The van der Waals surface area contributed by atoms with Crippen molar-refractivity contribution in [1.29, 1.82) is 0 Å². The summed E-state index contributed by atoms with van der Waals surface area (Å²) < 4.78 is 4.89. The van der Waals surface area contributed by atoms with Gasteiger partial charge in [0.15, 0.2) is 0 Å². The minimum Gasteiger partial charge on any atom is -0.462 e. The third-order valence-electron chi connectivity index (χ3n) is 3.24. The van der Waals surface area contributed by atoms with Crippen molar-refractivity contribution in [1.82, 2.24) is 10.6 Å². The summed E-state index contributed by atoms with van der Waals surface area (Å²) in [5.41, 5.74) is 1.36. The van der Waals surface area contributed by atoms with Crippen LogP contribution in [0.4, 0.5) is 0 Å². The maximum atomic E-state index is 11.8. The summed E-state index contributed by atoms with van der Waals surface area (Å²) >= 11 is 0. The van der Waals surface area contributed by atoms with Gasteiger partial charge in [-0.25, -0.2) is 4.79 Å². The van der Waals surface area contributed by atoms with Crippen LogP contribution in [0.5, 0.6) is 0 Å². The molecule has 2 N–H and O–H groups in total. The van der Waals surface area contributed by atoms with Gasteiger partial charge in [0.2, 0.25) is 11.8 Å². The van der Waals surface area contributed by atoms with Gasteiger partial charge in [-0.1, -0.05) is 12.1 Å². The Labute approximate surface area is 122 Å². The number of carbonyl (C=O) groups is 3. The fraction of sp³-hybridized carbons (Fsp3) is 0.400. The minimum atomic E-state index is -0.434. The zero-order valence-electron chi connectivity index (χ0n) is 11.8. The number of esters is 1. The smallest absolute Gasteiger partial charge is 0.338 e. The molecule has 1 aliphatic rings. The van der Waals surface area contributed by atoms with Crippen LogP contribution in [0.1, 0.15) is 35.7 Å². The van der Waals surface area contributed by atoms with Gasteiger partial charge < -0.3 is 15.4 Å². The van der Waals surface area contributed by atoms with Crippen LogP contribution in [0.25, 0.3) is 0 Å². The lowest BCUT2D eigenvalue weighted by Gasteiger charge is -2.11. The first-order valence-corrected chi connectivity index (χ1v) is 6.93. The number of hydrogen-bond donors (Lipinski definition) is 2. The van der Waals surface area contributed by atoms with Crippen LogP contribution in [0.2, 0.25) is 0 Å². The molecule has 6 nitrogen and oxygen atoms in total. The number of carbonyl (C=O) groups excluding carboxylic acids is 3. The molecule has 0 radical (unpaired) electrons. The van der Waals surface area contributed by atoms with E-state index in [0.29, 0.717) is 31.6 Å². The van der Waals surface area contributed by atoms with Crippen molar-refractivity contribution in [3.05, 3.63) is 35.4 Å². The monoisotopic (exact) mass is 290 g/mol. The van der Waals surface area contributed by atoms with E-state index < -0.39 is 6.04 Å². The van der Waals surface area contributed by atoms with E-state index in [4.69, 9.17) is 4.74 Å². The van der Waals surface area contributed by atoms with Gasteiger partial charge in [0.1, 0.15) is 6.04 Å². The summed E-state index contributed by atoms with van der Waals surface area (Å²) in [5.74, 6) is -0.633. The molecular weight excluding hydrogens is 272 g/mol. The molecule has 0 spiro atoms. The molecule has 0 saturated carbocycles. The normalized spacial score (nSPS) is 17.2. The second kappa shape index (κ2) is 6.88. The molecule has 0 bridgehead atoms. The number of rotatable bonds is 5. The van der Waals surface area contributed by atoms with Crippen LogP contribution in [-0.4, -0.2) is 30.4 Å². The van der Waals surface area contributed by atoms with E-state index in [2.05, 4.69) is 10.6 Å². The standard InChI is InChI=1S/C15H18N2O4/c1-2-21-15(20)11-5-3-10(4-6-11)9-16-14(19)12-7-8-13(18)17-12/h3-6,12H,2,7-9H2,1H3,(H,16,19)(H,17,18)/t12-/m0/s1. The first kappa shape index (κ1) is 15.0. The average molecular weight is 290 g/mol. The predicted molar refractivity (Wildman–Crippen MR) is 75.4 cm³/mol. The molecule has 0 aromatic heterocycles. The molecule has 1 atom stereocenters. The summed E-state index contributed by atoms with van der Waals surface area (Å²) in [6.07, 6.45) is 0.929. The molecule has 1 fully saturated rings. The molecule has 1 aromatic rings. The van der Waals surface area contributed by atoms with Crippen LogP contribution in [0, 0.1) is 0 Å². The van der Waals surface area contributed by atoms with E-state index in [0.717, 1.165) is 5.56 Å². The highest BCUT2D eigenvalue weighted by Crippen LogP contribution is 2.08. The Hall–Kier alpha value is -2.37. The zero-order valence-corrected chi connectivity index (χ0v) is 11.8. The first-order valence-electron chi connectivity index (χ1n) is 6.93. The van der Waals surface area contributed by atoms with Gasteiger partial charge in [0.25, 0.3) is 0 Å². The number of benzene rings is 1. The number of hydrogen-bond acceptors (Lipinski definition) is 4. The Kier molecular flexibility index (Phi) is 4.92. The van der Waals surface area contributed by atoms with E-state index in [1.165, 1.54) is 0 Å². The molecule has 1 heterocycles. The summed E-state index contributed by atoms with van der Waals surface area (Å²) in [6, 6.07) is 6.42. The second-order valence-corrected chi connectivity index (χ2v) is 4.79. The van der Waals surface area contributed by atoms with Crippen molar-refractivity contribution in [3.63, 3.8) is 0 Å². The highest BCUT2D eigenvalue weighted by atomic mass is 16.5. The van der Waals surface area contributed by atoms with Gasteiger partial charge in [-0.3, -0.25) is 9.59 Å². The Bertz CT molecular complexity index is 539. The van der Waals surface area contributed by atoms with Crippen LogP contribution >= 0.6 is 0 Å². The lowest BCUT2D eigenvalue weighted by molar-refractivity contribution is -0.125. The molecule has 0 unspecified atom stereocenters. The Morgan fingerprint density at radius 1 is 1.33 bits per heavy atom. The van der Waals surface area contributed by atoms with Crippen LogP contribution in [0.15, 0.2) is 24.3 Å². The van der Waals surface area contributed by atoms with Crippen LogP contribution < -0.4 is 10.6 Å². The molecule has 1 aromatic carbocycles. The summed E-state index contributed by atoms with van der Waals surface area (Å²) in [4.78, 5) is 34.4. The van der Waals surface area contributed by atoms with Crippen LogP contribution in [0.3, 0.4) is 0 Å². The van der Waals surface area contributed by atoms with Gasteiger partial charge in [0, 0.05) is 13.0 Å². The molecule has 6 heteroatoms. The van der Waals surface area contributed by atoms with Crippen molar-refractivity contribution < 1.29 is 19.1 Å². The summed E-state index contributed by atoms with van der Waals surface area (Å²) in [7, 11) is 0. The number of amides is 2. The highest BCUT2D eigenvalue weighted by Gasteiger charge is 2.26. The minimum absolute atomic E-state index is 0.0889. The maximum Gasteiger partial charge on any atom is 0.338 e. The third-order valence-corrected chi connectivity index (χ3v) is 3.24. The molecule has 2 amide bonds. The van der Waals surface area contributed by atoms with E-state index in [1.807, 2.05) is 0 Å². The fourth-order valence-corrected chi connectivity index (χ4v) is 2.10. The molecule has 2 rings (SSSR count). The van der Waals surface area contributed by atoms with Crippen molar-refractivity contribution in [2.24, 2.45) is 0 Å². The summed E-state index contributed by atoms with van der Waals surface area (Å²) in [6.45, 7) is 2.45. The molecule has 1 saturated heterocycles. The topological polar surface area (TPSA) is 84.5 Å². The Balaban J connectivity index is 1.84. The first-order chi connectivity index (χ1) is 10.1. The highest BCUT2D eigenvalue weighted by molar-refractivity contribution is 5.91. The molecule has 21 heavy (non-hydrogen) atoms. The maximum absolute atomic E-state index is 11.8. The van der Waals surface area contributed by atoms with Gasteiger partial charge >= 0.3 is 5.97 Å². The van der Waals surface area contributed by atoms with Gasteiger partial charge in [-0.05, 0) is 31.0 Å². The molecule has 112 valence electrons. The van der Waals surface area contributed by atoms with Crippen molar-refractivity contribution >= 4 is 17.8 Å². The lowest BCUT2D eigenvalue weighted by atomic mass is 10.1. The molecular formula is C15H18N2O4. The number of nitrogens with one attached hydrogen (secondary N) is 2. The predicted octanol–water partition coefficient (Wildman–Crippen LogP) is 0.758.